The summed E-state index contributed by atoms with van der Waals surface area (Å²) in [5.41, 5.74) is 9.98. The average Bonchev–Trinajstić information content (AvgIpc) is 2.29. The van der Waals surface area contributed by atoms with Gasteiger partial charge in [0.15, 0.2) is 0 Å². The monoisotopic (exact) mass is 248 g/mol. The van der Waals surface area contributed by atoms with Crippen LogP contribution in [-0.4, -0.2) is 19.6 Å². The highest BCUT2D eigenvalue weighted by Gasteiger charge is 2.14. The van der Waals surface area contributed by atoms with E-state index >= 15 is 0 Å². The van der Waals surface area contributed by atoms with Gasteiger partial charge in [0.2, 0.25) is 0 Å². The lowest BCUT2D eigenvalue weighted by molar-refractivity contribution is 0.588. The first-order chi connectivity index (χ1) is 8.45. The molecule has 0 bridgehead atoms. The lowest BCUT2D eigenvalue weighted by Gasteiger charge is -2.21. The number of hydrogen-bond donors (Lipinski definition) is 2. The van der Waals surface area contributed by atoms with Gasteiger partial charge in [0.1, 0.15) is 0 Å². The van der Waals surface area contributed by atoms with Crippen molar-refractivity contribution in [3.05, 3.63) is 34.9 Å². The van der Waals surface area contributed by atoms with Crippen LogP contribution in [0.25, 0.3) is 0 Å². The zero-order chi connectivity index (χ0) is 13.6. The van der Waals surface area contributed by atoms with Crippen molar-refractivity contribution in [1.29, 1.82) is 0 Å². The van der Waals surface area contributed by atoms with E-state index in [2.05, 4.69) is 51.2 Å². The second-order valence-electron chi connectivity index (χ2n) is 6.03. The third kappa shape index (κ3) is 4.79. The molecule has 0 unspecified atom stereocenters. The molecule has 3 N–H and O–H groups in total. The molecule has 0 aliphatic heterocycles. The zero-order valence-electron chi connectivity index (χ0n) is 12.3. The average molecular weight is 248 g/mol. The molecule has 1 aromatic carbocycles. The van der Waals surface area contributed by atoms with Gasteiger partial charge in [0, 0.05) is 0 Å². The van der Waals surface area contributed by atoms with Crippen LogP contribution in [0, 0.1) is 6.92 Å². The molecular formula is C16H28N2. The van der Waals surface area contributed by atoms with Gasteiger partial charge in [-0.2, -0.15) is 0 Å². The Morgan fingerprint density at radius 2 is 1.89 bits per heavy atom. The second kappa shape index (κ2) is 6.91. The predicted molar refractivity (Wildman–Crippen MR) is 80.1 cm³/mol. The SMILES string of the molecule is Cc1ccc(C(C)(C)C)cc1CCNCCCN. The van der Waals surface area contributed by atoms with Crippen molar-refractivity contribution >= 4 is 0 Å². The van der Waals surface area contributed by atoms with Gasteiger partial charge < -0.3 is 11.1 Å². The summed E-state index contributed by atoms with van der Waals surface area (Å²) in [5, 5.41) is 3.44. The summed E-state index contributed by atoms with van der Waals surface area (Å²) in [6, 6.07) is 6.86. The Labute approximate surface area is 112 Å². The number of benzene rings is 1. The first-order valence-corrected chi connectivity index (χ1v) is 6.96. The smallest absolute Gasteiger partial charge is 0.000824 e. The summed E-state index contributed by atoms with van der Waals surface area (Å²) >= 11 is 0. The Balaban J connectivity index is 2.59. The van der Waals surface area contributed by atoms with Crippen LogP contribution in [-0.2, 0) is 11.8 Å². The lowest BCUT2D eigenvalue weighted by Crippen LogP contribution is -2.21. The number of nitrogens with one attached hydrogen (secondary N) is 1. The van der Waals surface area contributed by atoms with E-state index in [0.29, 0.717) is 0 Å². The summed E-state index contributed by atoms with van der Waals surface area (Å²) in [5.74, 6) is 0. The number of hydrogen-bond acceptors (Lipinski definition) is 2. The van der Waals surface area contributed by atoms with E-state index in [1.165, 1.54) is 16.7 Å². The normalized spacial score (nSPS) is 11.8. The Hall–Kier alpha value is -0.860. The fraction of sp³-hybridized carbons (Fsp3) is 0.625. The van der Waals surface area contributed by atoms with Crippen molar-refractivity contribution in [2.45, 2.75) is 46.0 Å². The highest BCUT2D eigenvalue weighted by molar-refractivity contribution is 5.34. The zero-order valence-corrected chi connectivity index (χ0v) is 12.3. The molecule has 0 aromatic heterocycles. The summed E-state index contributed by atoms with van der Waals surface area (Å²) < 4.78 is 0. The Kier molecular flexibility index (Phi) is 5.83. The van der Waals surface area contributed by atoms with Crippen LogP contribution in [0.4, 0.5) is 0 Å². The van der Waals surface area contributed by atoms with Gasteiger partial charge >= 0.3 is 0 Å². The quantitative estimate of drug-likeness (QED) is 0.760. The van der Waals surface area contributed by atoms with Gasteiger partial charge in [0.05, 0.1) is 0 Å². The first kappa shape index (κ1) is 15.2. The van der Waals surface area contributed by atoms with Crippen molar-refractivity contribution in [1.82, 2.24) is 5.32 Å². The molecule has 0 saturated heterocycles. The molecule has 0 aliphatic rings. The highest BCUT2D eigenvalue weighted by atomic mass is 14.8. The van der Waals surface area contributed by atoms with Crippen LogP contribution in [0.3, 0.4) is 0 Å². The molecule has 2 heteroatoms. The van der Waals surface area contributed by atoms with Crippen molar-refractivity contribution in [3.63, 3.8) is 0 Å². The van der Waals surface area contributed by atoms with E-state index in [4.69, 9.17) is 5.73 Å². The predicted octanol–water partition coefficient (Wildman–Crippen LogP) is 2.77. The van der Waals surface area contributed by atoms with Crippen LogP contribution in [0.5, 0.6) is 0 Å². The molecule has 2 nitrogen and oxygen atoms in total. The summed E-state index contributed by atoms with van der Waals surface area (Å²) in [6.45, 7) is 11.8. The van der Waals surface area contributed by atoms with E-state index in [9.17, 15) is 0 Å². The summed E-state index contributed by atoms with van der Waals surface area (Å²) in [4.78, 5) is 0. The molecule has 0 heterocycles. The second-order valence-corrected chi connectivity index (χ2v) is 6.03. The lowest BCUT2D eigenvalue weighted by atomic mass is 9.85. The largest absolute Gasteiger partial charge is 0.330 e. The van der Waals surface area contributed by atoms with E-state index in [-0.39, 0.29) is 5.41 Å². The van der Waals surface area contributed by atoms with Crippen molar-refractivity contribution in [2.24, 2.45) is 5.73 Å². The van der Waals surface area contributed by atoms with E-state index < -0.39 is 0 Å². The first-order valence-electron chi connectivity index (χ1n) is 6.96. The van der Waals surface area contributed by atoms with Gasteiger partial charge in [-0.3, -0.25) is 0 Å². The third-order valence-corrected chi connectivity index (χ3v) is 3.34. The van der Waals surface area contributed by atoms with E-state index in [1.807, 2.05) is 0 Å². The molecule has 1 rings (SSSR count). The number of aryl methyl sites for hydroxylation is 1. The summed E-state index contributed by atoms with van der Waals surface area (Å²) in [7, 11) is 0. The fourth-order valence-electron chi connectivity index (χ4n) is 1.98. The number of rotatable bonds is 6. The summed E-state index contributed by atoms with van der Waals surface area (Å²) in [6.07, 6.45) is 2.15. The maximum atomic E-state index is 5.47. The Morgan fingerprint density at radius 1 is 1.17 bits per heavy atom. The number of nitrogens with two attached hydrogens (primary N) is 1. The van der Waals surface area contributed by atoms with Gasteiger partial charge in [-0.1, -0.05) is 39.0 Å². The minimum absolute atomic E-state index is 0.232. The molecule has 1 aromatic rings. The molecule has 0 saturated carbocycles. The fourth-order valence-corrected chi connectivity index (χ4v) is 1.98. The van der Waals surface area contributed by atoms with Gasteiger partial charge in [-0.05, 0) is 61.5 Å². The Bertz CT molecular complexity index is 364. The highest BCUT2D eigenvalue weighted by Crippen LogP contribution is 2.24. The minimum atomic E-state index is 0.232. The molecule has 0 aliphatic carbocycles. The molecule has 0 atom stereocenters. The third-order valence-electron chi connectivity index (χ3n) is 3.34. The molecule has 0 amide bonds. The van der Waals surface area contributed by atoms with E-state index in [1.54, 1.807) is 0 Å². The molecule has 0 fully saturated rings. The standard InChI is InChI=1S/C16H28N2/c1-13-6-7-15(16(2,3)4)12-14(13)8-11-18-10-5-9-17/h6-7,12,18H,5,8-11,17H2,1-4H3. The minimum Gasteiger partial charge on any atom is -0.330 e. The van der Waals surface area contributed by atoms with Crippen LogP contribution in [0.1, 0.15) is 43.9 Å². The van der Waals surface area contributed by atoms with E-state index in [0.717, 1.165) is 32.5 Å². The van der Waals surface area contributed by atoms with Crippen LogP contribution >= 0.6 is 0 Å². The van der Waals surface area contributed by atoms with Gasteiger partial charge in [0.25, 0.3) is 0 Å². The van der Waals surface area contributed by atoms with Gasteiger partial charge in [-0.15, -0.1) is 0 Å². The van der Waals surface area contributed by atoms with Crippen molar-refractivity contribution in [2.75, 3.05) is 19.6 Å². The van der Waals surface area contributed by atoms with Crippen LogP contribution < -0.4 is 11.1 Å². The van der Waals surface area contributed by atoms with Crippen LogP contribution in [0.15, 0.2) is 18.2 Å². The topological polar surface area (TPSA) is 38.0 Å². The van der Waals surface area contributed by atoms with Gasteiger partial charge in [-0.25, -0.2) is 0 Å². The maximum absolute atomic E-state index is 5.47. The van der Waals surface area contributed by atoms with Crippen molar-refractivity contribution in [3.8, 4) is 0 Å². The molecule has 0 radical (unpaired) electrons. The molecule has 18 heavy (non-hydrogen) atoms. The maximum Gasteiger partial charge on any atom is -0.000824 e. The molecular weight excluding hydrogens is 220 g/mol. The Morgan fingerprint density at radius 3 is 2.50 bits per heavy atom. The molecule has 102 valence electrons. The van der Waals surface area contributed by atoms with Crippen LogP contribution in [0.2, 0.25) is 0 Å². The molecule has 0 spiro atoms. The van der Waals surface area contributed by atoms with Crippen molar-refractivity contribution < 1.29 is 0 Å².